The van der Waals surface area contributed by atoms with Crippen LogP contribution in [0, 0.1) is 13.8 Å². The zero-order valence-corrected chi connectivity index (χ0v) is 16.4. The number of carbonyl (C=O) groups excluding carboxylic acids is 2. The number of nitrogens with one attached hydrogen (secondary N) is 1. The van der Waals surface area contributed by atoms with Crippen LogP contribution in [0.4, 0.5) is 10.5 Å². The van der Waals surface area contributed by atoms with Crippen LogP contribution < -0.4 is 15.0 Å². The van der Waals surface area contributed by atoms with Gasteiger partial charge < -0.3 is 15.0 Å². The van der Waals surface area contributed by atoms with E-state index < -0.39 is 6.04 Å². The number of urea groups is 1. The third-order valence-electron chi connectivity index (χ3n) is 5.33. The Morgan fingerprint density at radius 3 is 2.29 bits per heavy atom. The van der Waals surface area contributed by atoms with Crippen LogP contribution in [-0.2, 0) is 4.79 Å². The van der Waals surface area contributed by atoms with Crippen LogP contribution in [0.15, 0.2) is 53.7 Å². The Balaban J connectivity index is 1.75. The molecule has 0 fully saturated rings. The normalized spacial score (nSPS) is 19.1. The third-order valence-corrected chi connectivity index (χ3v) is 5.33. The largest absolute Gasteiger partial charge is 0.497 e. The lowest BCUT2D eigenvalue weighted by atomic mass is 9.95. The minimum atomic E-state index is -0.479. The van der Waals surface area contributed by atoms with Crippen LogP contribution in [0.1, 0.15) is 22.7 Å². The average molecular weight is 377 g/mol. The Kier molecular flexibility index (Phi) is 4.34. The van der Waals surface area contributed by atoms with Crippen molar-refractivity contribution in [2.75, 3.05) is 25.6 Å². The molecule has 0 aromatic heterocycles. The van der Waals surface area contributed by atoms with E-state index in [1.807, 2.05) is 50.2 Å². The van der Waals surface area contributed by atoms with Gasteiger partial charge in [-0.3, -0.25) is 9.69 Å². The highest BCUT2D eigenvalue weighted by Gasteiger charge is 2.43. The molecule has 3 amide bonds. The molecule has 0 saturated heterocycles. The topological polar surface area (TPSA) is 61.9 Å². The number of likely N-dealkylation sites (N-methyl/N-ethyl adjacent to an activating group) is 1. The van der Waals surface area contributed by atoms with Crippen molar-refractivity contribution < 1.29 is 14.3 Å². The predicted molar refractivity (Wildman–Crippen MR) is 107 cm³/mol. The van der Waals surface area contributed by atoms with Gasteiger partial charge in [-0.05, 0) is 54.8 Å². The summed E-state index contributed by atoms with van der Waals surface area (Å²) in [5.74, 6) is 0.652. The van der Waals surface area contributed by atoms with Crippen molar-refractivity contribution in [1.82, 2.24) is 10.2 Å². The van der Waals surface area contributed by atoms with E-state index in [-0.39, 0.29) is 11.9 Å². The zero-order valence-electron chi connectivity index (χ0n) is 16.4. The van der Waals surface area contributed by atoms with Gasteiger partial charge in [0.25, 0.3) is 5.91 Å². The molecule has 6 nitrogen and oxygen atoms in total. The number of hydrogen-bond donors (Lipinski definition) is 1. The molecule has 6 heteroatoms. The first-order chi connectivity index (χ1) is 13.4. The van der Waals surface area contributed by atoms with Crippen LogP contribution in [0.2, 0.25) is 0 Å². The van der Waals surface area contributed by atoms with Crippen LogP contribution in [-0.4, -0.2) is 37.5 Å². The average Bonchev–Trinajstić information content (AvgIpc) is 3.02. The summed E-state index contributed by atoms with van der Waals surface area (Å²) in [5.41, 5.74) is 5.26. The molecule has 1 atom stereocenters. The van der Waals surface area contributed by atoms with Crippen LogP contribution in [0.3, 0.4) is 0 Å². The van der Waals surface area contributed by atoms with Crippen LogP contribution in [0.25, 0.3) is 0 Å². The number of anilines is 1. The van der Waals surface area contributed by atoms with Gasteiger partial charge >= 0.3 is 6.03 Å². The number of amides is 3. The number of benzene rings is 2. The molecule has 1 N–H and O–H groups in total. The molecule has 0 spiro atoms. The van der Waals surface area contributed by atoms with E-state index in [4.69, 9.17) is 4.74 Å². The third kappa shape index (κ3) is 2.91. The van der Waals surface area contributed by atoms with Crippen molar-refractivity contribution in [2.45, 2.75) is 19.9 Å². The minimum Gasteiger partial charge on any atom is -0.497 e. The highest BCUT2D eigenvalue weighted by atomic mass is 16.5. The molecule has 0 saturated carbocycles. The molecule has 2 aromatic carbocycles. The Labute approximate surface area is 164 Å². The van der Waals surface area contributed by atoms with E-state index in [2.05, 4.69) is 11.4 Å². The fourth-order valence-corrected chi connectivity index (χ4v) is 3.93. The van der Waals surface area contributed by atoms with E-state index in [0.29, 0.717) is 12.1 Å². The second-order valence-electron chi connectivity index (χ2n) is 7.31. The molecule has 28 heavy (non-hydrogen) atoms. The summed E-state index contributed by atoms with van der Waals surface area (Å²) in [6.07, 6.45) is 0. The zero-order chi connectivity index (χ0) is 20.0. The molecule has 1 unspecified atom stereocenters. The molecule has 4 rings (SSSR count). The number of rotatable bonds is 3. The monoisotopic (exact) mass is 377 g/mol. The van der Waals surface area contributed by atoms with Crippen molar-refractivity contribution in [1.29, 1.82) is 0 Å². The predicted octanol–water partition coefficient (Wildman–Crippen LogP) is 3.31. The molecular weight excluding hydrogens is 354 g/mol. The number of nitrogens with zero attached hydrogens (tertiary/aromatic N) is 2. The van der Waals surface area contributed by atoms with Gasteiger partial charge in [-0.25, -0.2) is 4.79 Å². The minimum absolute atomic E-state index is 0.0762. The van der Waals surface area contributed by atoms with Crippen LogP contribution in [0.5, 0.6) is 5.75 Å². The van der Waals surface area contributed by atoms with E-state index in [9.17, 15) is 9.59 Å². The first kappa shape index (κ1) is 18.1. The number of carbonyl (C=O) groups is 2. The summed E-state index contributed by atoms with van der Waals surface area (Å²) in [6.45, 7) is 4.41. The molecule has 2 heterocycles. The number of methoxy groups -OCH3 is 1. The van der Waals surface area contributed by atoms with Gasteiger partial charge in [0.2, 0.25) is 0 Å². The summed E-state index contributed by atoms with van der Waals surface area (Å²) in [4.78, 5) is 29.2. The maximum absolute atomic E-state index is 13.4. The van der Waals surface area contributed by atoms with E-state index in [1.165, 1.54) is 4.90 Å². The quantitative estimate of drug-likeness (QED) is 0.893. The van der Waals surface area contributed by atoms with Crippen molar-refractivity contribution in [3.8, 4) is 5.75 Å². The number of aryl methyl sites for hydroxylation is 2. The van der Waals surface area contributed by atoms with Gasteiger partial charge in [0.15, 0.2) is 0 Å². The molecular formula is C22H23N3O3. The van der Waals surface area contributed by atoms with Gasteiger partial charge in [0, 0.05) is 12.7 Å². The lowest BCUT2D eigenvalue weighted by molar-refractivity contribution is -0.114. The highest BCUT2D eigenvalue weighted by Crippen LogP contribution is 2.38. The smallest absolute Gasteiger partial charge is 0.322 e. The molecule has 2 aromatic rings. The van der Waals surface area contributed by atoms with Crippen LogP contribution >= 0.6 is 0 Å². The Morgan fingerprint density at radius 1 is 1.04 bits per heavy atom. The lowest BCUT2D eigenvalue weighted by Crippen LogP contribution is -2.45. The summed E-state index contributed by atoms with van der Waals surface area (Å²) in [6, 6.07) is 12.8. The van der Waals surface area contributed by atoms with Gasteiger partial charge in [-0.1, -0.05) is 18.2 Å². The lowest BCUT2D eigenvalue weighted by Gasteiger charge is -2.31. The first-order valence-electron chi connectivity index (χ1n) is 9.20. The standard InChI is InChI=1S/C22H23N3O3/c1-13-9-14(2)11-16(10-13)25-12-18-19(21(25)26)20(23-22(27)24(18)3)15-5-7-17(28-4)8-6-15/h5-11,20H,12H2,1-4H3,(H,23,27). The summed E-state index contributed by atoms with van der Waals surface area (Å²) >= 11 is 0. The molecule has 0 aliphatic carbocycles. The van der Waals surface area contributed by atoms with Crippen molar-refractivity contribution in [3.05, 3.63) is 70.4 Å². The van der Waals surface area contributed by atoms with E-state index in [1.54, 1.807) is 19.1 Å². The van der Waals surface area contributed by atoms with Crippen molar-refractivity contribution in [3.63, 3.8) is 0 Å². The molecule has 144 valence electrons. The van der Waals surface area contributed by atoms with Crippen molar-refractivity contribution >= 4 is 17.6 Å². The second kappa shape index (κ2) is 6.71. The number of hydrogen-bond acceptors (Lipinski definition) is 3. The molecule has 2 aliphatic heterocycles. The second-order valence-corrected chi connectivity index (χ2v) is 7.31. The fraction of sp³-hybridized carbons (Fsp3) is 0.273. The summed E-state index contributed by atoms with van der Waals surface area (Å²) in [5, 5.41) is 2.96. The maximum Gasteiger partial charge on any atom is 0.322 e. The molecule has 0 radical (unpaired) electrons. The van der Waals surface area contributed by atoms with Gasteiger partial charge in [-0.15, -0.1) is 0 Å². The first-order valence-corrected chi connectivity index (χ1v) is 9.20. The Morgan fingerprint density at radius 2 is 1.68 bits per heavy atom. The molecule has 2 aliphatic rings. The van der Waals surface area contributed by atoms with Crippen molar-refractivity contribution in [2.24, 2.45) is 0 Å². The summed E-state index contributed by atoms with van der Waals surface area (Å²) in [7, 11) is 3.31. The molecule has 0 bridgehead atoms. The van der Waals surface area contributed by atoms with E-state index >= 15 is 0 Å². The fourth-order valence-electron chi connectivity index (χ4n) is 3.93. The van der Waals surface area contributed by atoms with E-state index in [0.717, 1.165) is 33.8 Å². The van der Waals surface area contributed by atoms with Gasteiger partial charge in [0.05, 0.1) is 31.0 Å². The summed E-state index contributed by atoms with van der Waals surface area (Å²) < 4.78 is 5.22. The van der Waals surface area contributed by atoms with Gasteiger partial charge in [-0.2, -0.15) is 0 Å². The highest BCUT2D eigenvalue weighted by molar-refractivity contribution is 6.11. The maximum atomic E-state index is 13.4. The Hall–Kier alpha value is -3.28. The SMILES string of the molecule is COc1ccc(C2NC(=O)N(C)C3=C2C(=O)N(c2cc(C)cc(C)c2)C3)cc1. The Bertz CT molecular complexity index is 974. The number of ether oxygens (including phenoxy) is 1. The van der Waals surface area contributed by atoms with Gasteiger partial charge in [0.1, 0.15) is 5.75 Å².